The highest BCUT2D eigenvalue weighted by Gasteiger charge is 2.37. The topological polar surface area (TPSA) is 88.6 Å². The largest absolute Gasteiger partial charge is 0.345 e. The predicted molar refractivity (Wildman–Crippen MR) is 92.7 cm³/mol. The summed E-state index contributed by atoms with van der Waals surface area (Å²) < 4.78 is 1.84. The summed E-state index contributed by atoms with van der Waals surface area (Å²) in [5.41, 5.74) is 0.921. The molecule has 0 amide bonds. The van der Waals surface area contributed by atoms with Crippen molar-refractivity contribution in [2.75, 3.05) is 18.4 Å². The molecule has 4 rings (SSSR count). The number of nitro groups is 1. The summed E-state index contributed by atoms with van der Waals surface area (Å²) in [6.45, 7) is 7.83. The van der Waals surface area contributed by atoms with Gasteiger partial charge in [-0.2, -0.15) is 9.78 Å². The van der Waals surface area contributed by atoms with Crippen molar-refractivity contribution in [3.05, 3.63) is 38.9 Å². The van der Waals surface area contributed by atoms with Crippen molar-refractivity contribution in [2.45, 2.75) is 32.4 Å². The second-order valence-electron chi connectivity index (χ2n) is 6.93. The molecule has 2 aromatic heterocycles. The first-order valence-electron chi connectivity index (χ1n) is 7.77. The number of fused-ring (bicyclic) bond motifs is 3. The van der Waals surface area contributed by atoms with Gasteiger partial charge in [0.2, 0.25) is 5.96 Å². The Morgan fingerprint density at radius 2 is 2.21 bits per heavy atom. The minimum atomic E-state index is -0.349. The van der Waals surface area contributed by atoms with Gasteiger partial charge in [0.25, 0.3) is 0 Å². The van der Waals surface area contributed by atoms with Crippen molar-refractivity contribution < 1.29 is 4.92 Å². The number of hydrogen-bond donors (Lipinski definition) is 1. The van der Waals surface area contributed by atoms with Crippen LogP contribution in [0.4, 0.5) is 10.8 Å². The average Bonchev–Trinajstić information content (AvgIpc) is 3.23. The van der Waals surface area contributed by atoms with E-state index < -0.39 is 0 Å². The van der Waals surface area contributed by atoms with E-state index in [1.165, 1.54) is 11.3 Å². The molecular weight excluding hydrogens is 328 g/mol. The number of aromatic nitrogens is 2. The lowest BCUT2D eigenvalue weighted by molar-refractivity contribution is -0.380. The third-order valence-electron chi connectivity index (χ3n) is 4.18. The van der Waals surface area contributed by atoms with Crippen LogP contribution in [-0.2, 0) is 5.41 Å². The molecule has 126 valence electrons. The van der Waals surface area contributed by atoms with Crippen molar-refractivity contribution in [1.29, 1.82) is 0 Å². The molecule has 0 radical (unpaired) electrons. The number of thiophene rings is 1. The van der Waals surface area contributed by atoms with Crippen molar-refractivity contribution in [1.82, 2.24) is 14.7 Å². The van der Waals surface area contributed by atoms with Crippen LogP contribution in [-0.4, -0.2) is 38.7 Å². The van der Waals surface area contributed by atoms with Gasteiger partial charge >= 0.3 is 5.00 Å². The Bertz CT molecular complexity index is 847. The molecule has 9 heteroatoms. The molecule has 2 aromatic rings. The van der Waals surface area contributed by atoms with Gasteiger partial charge < -0.3 is 10.2 Å². The number of nitrogens with one attached hydrogen (secondary N) is 1. The molecule has 0 fully saturated rings. The SMILES string of the molecule is CC(C)(C)c1cc2n(n1)C1=NCCN1[C@@H](c1ccc([N+](=O)[O-])s1)N2. The van der Waals surface area contributed by atoms with Gasteiger partial charge in [0.1, 0.15) is 12.0 Å². The van der Waals surface area contributed by atoms with Crippen LogP contribution < -0.4 is 5.32 Å². The van der Waals surface area contributed by atoms with E-state index >= 15 is 0 Å². The maximum absolute atomic E-state index is 11.0. The molecule has 4 heterocycles. The zero-order valence-corrected chi connectivity index (χ0v) is 14.5. The molecule has 0 aromatic carbocycles. The summed E-state index contributed by atoms with van der Waals surface area (Å²) in [6, 6.07) is 5.40. The van der Waals surface area contributed by atoms with Gasteiger partial charge in [0, 0.05) is 24.1 Å². The number of nitrogens with zero attached hydrogens (tertiary/aromatic N) is 5. The van der Waals surface area contributed by atoms with Gasteiger partial charge in [-0.15, -0.1) is 0 Å². The molecule has 0 aliphatic carbocycles. The highest BCUT2D eigenvalue weighted by Crippen LogP contribution is 2.37. The molecule has 0 bridgehead atoms. The van der Waals surface area contributed by atoms with Gasteiger partial charge in [0.15, 0.2) is 0 Å². The van der Waals surface area contributed by atoms with E-state index in [0.29, 0.717) is 6.54 Å². The normalized spacial score (nSPS) is 19.5. The summed E-state index contributed by atoms with van der Waals surface area (Å²) in [6.07, 6.45) is -0.151. The van der Waals surface area contributed by atoms with Crippen molar-refractivity contribution >= 4 is 28.1 Å². The Labute approximate surface area is 143 Å². The second-order valence-corrected chi connectivity index (χ2v) is 8.03. The molecule has 0 saturated heterocycles. The number of anilines is 1. The molecule has 0 saturated carbocycles. The maximum Gasteiger partial charge on any atom is 0.324 e. The van der Waals surface area contributed by atoms with Gasteiger partial charge in [-0.05, 0) is 6.07 Å². The molecule has 2 aliphatic heterocycles. The summed E-state index contributed by atoms with van der Waals surface area (Å²) in [7, 11) is 0. The van der Waals surface area contributed by atoms with Crippen LogP contribution in [0.5, 0.6) is 0 Å². The van der Waals surface area contributed by atoms with E-state index in [1.54, 1.807) is 6.07 Å². The second kappa shape index (κ2) is 5.04. The molecular formula is C15H18N6O2S. The molecule has 0 unspecified atom stereocenters. The van der Waals surface area contributed by atoms with Gasteiger partial charge in [-0.25, -0.2) is 4.99 Å². The lowest BCUT2D eigenvalue weighted by Crippen LogP contribution is -2.44. The standard InChI is InChI=1S/C15H18N6O2S/c1-15(2,3)10-8-11-17-13(9-4-5-12(24-9)21(22)23)19-7-6-16-14(19)20(11)18-10/h4-5,8,13,17H,6-7H2,1-3H3/t13-/m0/s1. The van der Waals surface area contributed by atoms with Crippen molar-refractivity contribution in [3.8, 4) is 0 Å². The Kier molecular flexibility index (Phi) is 3.17. The van der Waals surface area contributed by atoms with Gasteiger partial charge in [0.05, 0.1) is 22.0 Å². The molecule has 1 N–H and O–H groups in total. The fraction of sp³-hybridized carbons (Fsp3) is 0.467. The number of hydrogen-bond acceptors (Lipinski definition) is 7. The van der Waals surface area contributed by atoms with E-state index in [9.17, 15) is 10.1 Å². The lowest BCUT2D eigenvalue weighted by Gasteiger charge is -2.35. The van der Waals surface area contributed by atoms with Crippen LogP contribution in [0, 0.1) is 10.1 Å². The molecule has 24 heavy (non-hydrogen) atoms. The lowest BCUT2D eigenvalue weighted by atomic mass is 9.92. The van der Waals surface area contributed by atoms with Crippen LogP contribution in [0.3, 0.4) is 0 Å². The van der Waals surface area contributed by atoms with Gasteiger partial charge in [-0.1, -0.05) is 32.1 Å². The number of aliphatic imine (C=N–C) groups is 1. The molecule has 2 aliphatic rings. The van der Waals surface area contributed by atoms with Crippen LogP contribution in [0.1, 0.15) is 37.5 Å². The Morgan fingerprint density at radius 1 is 1.42 bits per heavy atom. The van der Waals surface area contributed by atoms with E-state index in [1.807, 2.05) is 16.8 Å². The summed E-state index contributed by atoms with van der Waals surface area (Å²) in [5, 5.41) is 19.3. The van der Waals surface area contributed by atoms with Crippen molar-refractivity contribution in [2.24, 2.45) is 4.99 Å². The van der Waals surface area contributed by atoms with Crippen LogP contribution in [0.25, 0.3) is 0 Å². The monoisotopic (exact) mass is 346 g/mol. The maximum atomic E-state index is 11.0. The Hall–Kier alpha value is -2.42. The Balaban J connectivity index is 1.75. The zero-order valence-electron chi connectivity index (χ0n) is 13.7. The van der Waals surface area contributed by atoms with Crippen molar-refractivity contribution in [3.63, 3.8) is 0 Å². The molecule has 1 atom stereocenters. The summed E-state index contributed by atoms with van der Waals surface area (Å²) in [5.74, 6) is 1.68. The summed E-state index contributed by atoms with van der Waals surface area (Å²) >= 11 is 1.20. The van der Waals surface area contributed by atoms with E-state index in [-0.39, 0.29) is 21.5 Å². The highest BCUT2D eigenvalue weighted by atomic mass is 32.1. The van der Waals surface area contributed by atoms with Crippen LogP contribution in [0.2, 0.25) is 0 Å². The predicted octanol–water partition coefficient (Wildman–Crippen LogP) is 2.79. The Morgan fingerprint density at radius 3 is 2.88 bits per heavy atom. The minimum absolute atomic E-state index is 0.0623. The van der Waals surface area contributed by atoms with E-state index in [4.69, 9.17) is 5.10 Å². The average molecular weight is 346 g/mol. The molecule has 0 spiro atoms. The smallest absolute Gasteiger partial charge is 0.324 e. The third kappa shape index (κ3) is 2.27. The first-order chi connectivity index (χ1) is 11.3. The third-order valence-corrected chi connectivity index (χ3v) is 5.27. The minimum Gasteiger partial charge on any atom is -0.345 e. The molecule has 8 nitrogen and oxygen atoms in total. The van der Waals surface area contributed by atoms with Crippen LogP contribution in [0.15, 0.2) is 23.2 Å². The fourth-order valence-corrected chi connectivity index (χ4v) is 3.80. The number of rotatable bonds is 2. The quantitative estimate of drug-likeness (QED) is 0.667. The fourth-order valence-electron chi connectivity index (χ4n) is 2.91. The van der Waals surface area contributed by atoms with E-state index in [0.717, 1.165) is 28.9 Å². The van der Waals surface area contributed by atoms with Gasteiger partial charge in [-0.3, -0.25) is 10.1 Å². The van der Waals surface area contributed by atoms with Crippen LogP contribution >= 0.6 is 11.3 Å². The van der Waals surface area contributed by atoms with E-state index in [2.05, 4.69) is 36.0 Å². The first-order valence-corrected chi connectivity index (χ1v) is 8.59. The zero-order chi connectivity index (χ0) is 17.1. The first kappa shape index (κ1) is 15.1. The summed E-state index contributed by atoms with van der Waals surface area (Å²) in [4.78, 5) is 18.2. The highest BCUT2D eigenvalue weighted by molar-refractivity contribution is 7.15.